The van der Waals surface area contributed by atoms with Gasteiger partial charge in [0.05, 0.1) is 13.7 Å². The molecule has 4 N–H and O–H groups in total. The van der Waals surface area contributed by atoms with E-state index < -0.39 is 0 Å². The van der Waals surface area contributed by atoms with Gasteiger partial charge in [0.15, 0.2) is 0 Å². The largest absolute Gasteiger partial charge is 0.467 e. The van der Waals surface area contributed by atoms with Gasteiger partial charge in [0.1, 0.15) is 0 Å². The average Bonchev–Trinajstić information content (AvgIpc) is 2.42. The maximum atomic E-state index is 5.40. The minimum Gasteiger partial charge on any atom is -0.467 e. The molecule has 0 atom stereocenters. The van der Waals surface area contributed by atoms with Crippen LogP contribution in [0.2, 0.25) is 0 Å². The van der Waals surface area contributed by atoms with Crippen molar-refractivity contribution in [1.82, 2.24) is 15.0 Å². The lowest BCUT2D eigenvalue weighted by molar-refractivity contribution is 0.141. The van der Waals surface area contributed by atoms with Crippen molar-refractivity contribution in [2.75, 3.05) is 37.6 Å². The second kappa shape index (κ2) is 8.43. The molecule has 0 amide bonds. The van der Waals surface area contributed by atoms with E-state index in [9.17, 15) is 0 Å². The molecule has 0 aliphatic carbocycles. The molecule has 0 aromatic carbocycles. The minimum absolute atomic E-state index is 0.201. The number of methoxy groups -OCH3 is 1. The Morgan fingerprint density at radius 3 is 2.61 bits per heavy atom. The Kier molecular flexibility index (Phi) is 6.74. The fourth-order valence-corrected chi connectivity index (χ4v) is 1.17. The highest BCUT2D eigenvalue weighted by atomic mass is 16.5. The van der Waals surface area contributed by atoms with E-state index in [2.05, 4.69) is 32.6 Å². The fourth-order valence-electron chi connectivity index (χ4n) is 1.17. The Balaban J connectivity index is 2.36. The molecule has 1 aromatic heterocycles. The number of aromatic nitrogens is 3. The molecule has 1 aromatic rings. The second-order valence-electron chi connectivity index (χ2n) is 3.51. The smallest absolute Gasteiger partial charge is 0.322 e. The summed E-state index contributed by atoms with van der Waals surface area (Å²) in [5, 5.41) is 3.01. The normalized spacial score (nSPS) is 10.2. The molecule has 8 heteroatoms. The minimum atomic E-state index is 0.201. The van der Waals surface area contributed by atoms with Gasteiger partial charge in [0.2, 0.25) is 11.9 Å². The zero-order valence-corrected chi connectivity index (χ0v) is 10.8. The van der Waals surface area contributed by atoms with Gasteiger partial charge in [0, 0.05) is 13.2 Å². The topological polar surface area (TPSA) is 107 Å². The molecule has 1 rings (SSSR count). The van der Waals surface area contributed by atoms with Gasteiger partial charge in [-0.3, -0.25) is 5.43 Å². The standard InChI is InChI=1S/C10H20N6O2/c1-3-4-6-18-7-5-12-8-13-9(16-11)15-10(14-8)17-2/h3-7,11H2,1-2H3,(H2,12,13,14,15,16). The Morgan fingerprint density at radius 2 is 1.94 bits per heavy atom. The number of unbranched alkanes of at least 4 members (excludes halogenated alkanes) is 1. The summed E-state index contributed by atoms with van der Waals surface area (Å²) in [6.07, 6.45) is 2.20. The summed E-state index contributed by atoms with van der Waals surface area (Å²) < 4.78 is 10.3. The quantitative estimate of drug-likeness (QED) is 0.331. The van der Waals surface area contributed by atoms with Crippen molar-refractivity contribution in [3.05, 3.63) is 0 Å². The van der Waals surface area contributed by atoms with Gasteiger partial charge in [-0.05, 0) is 6.42 Å². The summed E-state index contributed by atoms with van der Waals surface area (Å²) in [7, 11) is 1.48. The summed E-state index contributed by atoms with van der Waals surface area (Å²) in [6, 6.07) is 0.201. The summed E-state index contributed by atoms with van der Waals surface area (Å²) in [5.74, 6) is 5.88. The van der Waals surface area contributed by atoms with Crippen LogP contribution in [0.5, 0.6) is 6.01 Å². The van der Waals surface area contributed by atoms with Crippen molar-refractivity contribution in [2.45, 2.75) is 19.8 Å². The van der Waals surface area contributed by atoms with Crippen molar-refractivity contribution in [1.29, 1.82) is 0 Å². The zero-order valence-electron chi connectivity index (χ0n) is 10.8. The second-order valence-corrected chi connectivity index (χ2v) is 3.51. The molecule has 0 saturated heterocycles. The summed E-state index contributed by atoms with van der Waals surface area (Å²) >= 11 is 0. The predicted octanol–water partition coefficient (Wildman–Crippen LogP) is 0.394. The Labute approximate surface area is 106 Å². The van der Waals surface area contributed by atoms with E-state index in [1.165, 1.54) is 7.11 Å². The lowest BCUT2D eigenvalue weighted by Gasteiger charge is -2.08. The van der Waals surface area contributed by atoms with Gasteiger partial charge in [0.25, 0.3) is 0 Å². The van der Waals surface area contributed by atoms with E-state index in [-0.39, 0.29) is 12.0 Å². The molecule has 102 valence electrons. The first-order valence-electron chi connectivity index (χ1n) is 5.88. The van der Waals surface area contributed by atoms with Gasteiger partial charge >= 0.3 is 6.01 Å². The highest BCUT2D eigenvalue weighted by Gasteiger charge is 2.04. The molecular formula is C10H20N6O2. The Hall–Kier alpha value is -1.67. The van der Waals surface area contributed by atoms with Crippen LogP contribution >= 0.6 is 0 Å². The summed E-state index contributed by atoms with van der Waals surface area (Å²) in [4.78, 5) is 11.9. The van der Waals surface area contributed by atoms with Crippen LogP contribution in [-0.4, -0.2) is 41.8 Å². The third kappa shape index (κ3) is 5.11. The lowest BCUT2D eigenvalue weighted by atomic mass is 10.4. The average molecular weight is 256 g/mol. The molecule has 1 heterocycles. The van der Waals surface area contributed by atoms with Crippen LogP contribution in [0, 0.1) is 0 Å². The molecule has 0 saturated carbocycles. The first kappa shape index (κ1) is 14.4. The molecule has 0 radical (unpaired) electrons. The predicted molar refractivity (Wildman–Crippen MR) is 68.4 cm³/mol. The van der Waals surface area contributed by atoms with E-state index in [4.69, 9.17) is 15.3 Å². The SMILES string of the molecule is CCCCOCCNc1nc(NN)nc(OC)n1. The number of hydrazine groups is 1. The molecule has 0 bridgehead atoms. The molecule has 0 fully saturated rings. The third-order valence-electron chi connectivity index (χ3n) is 2.10. The van der Waals surface area contributed by atoms with Crippen LogP contribution in [0.3, 0.4) is 0 Å². The third-order valence-corrected chi connectivity index (χ3v) is 2.10. The summed E-state index contributed by atoms with van der Waals surface area (Å²) in [5.41, 5.74) is 2.35. The fraction of sp³-hybridized carbons (Fsp3) is 0.700. The van der Waals surface area contributed by atoms with E-state index >= 15 is 0 Å². The highest BCUT2D eigenvalue weighted by Crippen LogP contribution is 2.09. The van der Waals surface area contributed by atoms with E-state index in [1.807, 2.05) is 0 Å². The maximum Gasteiger partial charge on any atom is 0.322 e. The van der Waals surface area contributed by atoms with Crippen molar-refractivity contribution in [3.63, 3.8) is 0 Å². The molecule has 0 spiro atoms. The van der Waals surface area contributed by atoms with E-state index in [1.54, 1.807) is 0 Å². The van der Waals surface area contributed by atoms with Gasteiger partial charge < -0.3 is 14.8 Å². The lowest BCUT2D eigenvalue weighted by Crippen LogP contribution is -2.16. The number of nitrogens with zero attached hydrogens (tertiary/aromatic N) is 3. The molecular weight excluding hydrogens is 236 g/mol. The number of hydrogen-bond acceptors (Lipinski definition) is 8. The molecule has 0 aliphatic rings. The van der Waals surface area contributed by atoms with E-state index in [0.29, 0.717) is 19.1 Å². The van der Waals surface area contributed by atoms with Gasteiger partial charge in [-0.1, -0.05) is 13.3 Å². The van der Waals surface area contributed by atoms with Crippen LogP contribution in [-0.2, 0) is 4.74 Å². The monoisotopic (exact) mass is 256 g/mol. The molecule has 0 unspecified atom stereocenters. The van der Waals surface area contributed by atoms with Crippen molar-refractivity contribution < 1.29 is 9.47 Å². The molecule has 0 aliphatic heterocycles. The van der Waals surface area contributed by atoms with Crippen molar-refractivity contribution >= 4 is 11.9 Å². The van der Waals surface area contributed by atoms with Crippen molar-refractivity contribution in [3.8, 4) is 6.01 Å². The van der Waals surface area contributed by atoms with Gasteiger partial charge in [-0.25, -0.2) is 5.84 Å². The zero-order chi connectivity index (χ0) is 13.2. The molecule has 8 nitrogen and oxygen atoms in total. The van der Waals surface area contributed by atoms with Gasteiger partial charge in [-0.2, -0.15) is 15.0 Å². The number of nitrogens with two attached hydrogens (primary N) is 1. The van der Waals surface area contributed by atoms with Crippen molar-refractivity contribution in [2.24, 2.45) is 5.84 Å². The van der Waals surface area contributed by atoms with Crippen LogP contribution < -0.4 is 21.3 Å². The number of ether oxygens (including phenoxy) is 2. The number of hydrogen-bond donors (Lipinski definition) is 3. The molecule has 18 heavy (non-hydrogen) atoms. The first-order valence-corrected chi connectivity index (χ1v) is 5.88. The number of nitrogens with one attached hydrogen (secondary N) is 2. The highest BCUT2D eigenvalue weighted by molar-refractivity contribution is 5.34. The number of nitrogen functional groups attached to an aromatic ring is 1. The Morgan fingerprint density at radius 1 is 1.17 bits per heavy atom. The first-order chi connectivity index (χ1) is 8.80. The number of rotatable bonds is 9. The number of anilines is 2. The van der Waals surface area contributed by atoms with Crippen LogP contribution in [0.4, 0.5) is 11.9 Å². The van der Waals surface area contributed by atoms with E-state index in [0.717, 1.165) is 19.4 Å². The van der Waals surface area contributed by atoms with Gasteiger partial charge in [-0.15, -0.1) is 0 Å². The summed E-state index contributed by atoms with van der Waals surface area (Å²) in [6.45, 7) is 4.11. The van der Waals surface area contributed by atoms with Crippen LogP contribution in [0.25, 0.3) is 0 Å². The van der Waals surface area contributed by atoms with Crippen LogP contribution in [0.15, 0.2) is 0 Å². The van der Waals surface area contributed by atoms with Crippen LogP contribution in [0.1, 0.15) is 19.8 Å². The Bertz CT molecular complexity index is 327. The maximum absolute atomic E-state index is 5.40.